The first-order valence-corrected chi connectivity index (χ1v) is 7.03. The fourth-order valence-corrected chi connectivity index (χ4v) is 1.93. The quantitative estimate of drug-likeness (QED) is 0.398. The summed E-state index contributed by atoms with van der Waals surface area (Å²) in [6.07, 6.45) is 2.67. The van der Waals surface area contributed by atoms with Gasteiger partial charge in [-0.1, -0.05) is 24.3 Å². The lowest BCUT2D eigenvalue weighted by Gasteiger charge is -2.11. The van der Waals surface area contributed by atoms with Crippen molar-refractivity contribution >= 4 is 29.9 Å². The molecule has 1 aliphatic carbocycles. The van der Waals surface area contributed by atoms with Crippen LogP contribution in [-0.2, 0) is 13.2 Å². The van der Waals surface area contributed by atoms with Crippen molar-refractivity contribution in [2.75, 3.05) is 13.1 Å². The van der Waals surface area contributed by atoms with Gasteiger partial charge < -0.3 is 15.7 Å². The van der Waals surface area contributed by atoms with E-state index >= 15 is 0 Å². The van der Waals surface area contributed by atoms with Crippen molar-refractivity contribution in [3.8, 4) is 0 Å². The minimum atomic E-state index is 0. The Bertz CT molecular complexity index is 433. The number of aliphatic hydroxyl groups is 1. The van der Waals surface area contributed by atoms with Crippen molar-refractivity contribution in [2.45, 2.75) is 32.9 Å². The van der Waals surface area contributed by atoms with Gasteiger partial charge in [-0.3, -0.25) is 0 Å². The first-order valence-electron chi connectivity index (χ1n) is 7.03. The number of aliphatic hydroxyl groups excluding tert-OH is 1. The third-order valence-electron chi connectivity index (χ3n) is 3.30. The Balaban J connectivity index is 0.00000200. The van der Waals surface area contributed by atoms with Gasteiger partial charge in [-0.15, -0.1) is 24.0 Å². The van der Waals surface area contributed by atoms with Crippen molar-refractivity contribution in [2.24, 2.45) is 10.9 Å². The monoisotopic (exact) mass is 389 g/mol. The number of nitrogens with one attached hydrogen (secondary N) is 2. The van der Waals surface area contributed by atoms with Crippen LogP contribution in [-0.4, -0.2) is 24.2 Å². The molecule has 20 heavy (non-hydrogen) atoms. The third kappa shape index (κ3) is 5.66. The lowest BCUT2D eigenvalue weighted by atomic mass is 10.1. The van der Waals surface area contributed by atoms with Gasteiger partial charge in [-0.2, -0.15) is 0 Å². The van der Waals surface area contributed by atoms with E-state index in [0.29, 0.717) is 6.54 Å². The van der Waals surface area contributed by atoms with Crippen LogP contribution >= 0.6 is 24.0 Å². The zero-order chi connectivity index (χ0) is 13.5. The molecule has 0 heterocycles. The molecule has 5 heteroatoms. The molecule has 1 fully saturated rings. The average Bonchev–Trinajstić information content (AvgIpc) is 3.26. The molecule has 0 spiro atoms. The van der Waals surface area contributed by atoms with Crippen LogP contribution in [0.25, 0.3) is 0 Å². The number of hydrogen-bond acceptors (Lipinski definition) is 2. The van der Waals surface area contributed by atoms with Gasteiger partial charge in [-0.05, 0) is 36.8 Å². The van der Waals surface area contributed by atoms with Crippen LogP contribution in [0.2, 0.25) is 0 Å². The number of nitrogens with zero attached hydrogens (tertiary/aromatic N) is 1. The second-order valence-corrected chi connectivity index (χ2v) is 4.95. The second-order valence-electron chi connectivity index (χ2n) is 4.95. The minimum Gasteiger partial charge on any atom is -0.392 e. The smallest absolute Gasteiger partial charge is 0.191 e. The van der Waals surface area contributed by atoms with Crippen LogP contribution in [0, 0.1) is 5.92 Å². The molecule has 0 aliphatic heterocycles. The van der Waals surface area contributed by atoms with Gasteiger partial charge >= 0.3 is 0 Å². The summed E-state index contributed by atoms with van der Waals surface area (Å²) in [6, 6.07) is 7.87. The van der Waals surface area contributed by atoms with Crippen LogP contribution in [0.1, 0.15) is 30.9 Å². The van der Waals surface area contributed by atoms with E-state index in [1.807, 2.05) is 24.3 Å². The zero-order valence-corrected chi connectivity index (χ0v) is 14.3. The average molecular weight is 389 g/mol. The van der Waals surface area contributed by atoms with E-state index in [-0.39, 0.29) is 30.6 Å². The number of benzene rings is 1. The minimum absolute atomic E-state index is 0. The standard InChI is InChI=1S/C15H23N3O.HI/c1-2-16-15(17-9-12-7-8-12)18-10-13-5-3-4-6-14(13)11-19;/h3-6,12,19H,2,7-11H2,1H3,(H2,16,17,18);1H. The highest BCUT2D eigenvalue weighted by atomic mass is 127. The highest BCUT2D eigenvalue weighted by molar-refractivity contribution is 14.0. The molecule has 4 nitrogen and oxygen atoms in total. The lowest BCUT2D eigenvalue weighted by Crippen LogP contribution is -2.38. The summed E-state index contributed by atoms with van der Waals surface area (Å²) >= 11 is 0. The normalized spacial score (nSPS) is 14.6. The number of aliphatic imine (C=N–C) groups is 1. The fourth-order valence-electron chi connectivity index (χ4n) is 1.93. The van der Waals surface area contributed by atoms with Crippen LogP contribution in [0.3, 0.4) is 0 Å². The van der Waals surface area contributed by atoms with Gasteiger partial charge in [0.2, 0.25) is 0 Å². The molecule has 0 atom stereocenters. The second kappa shape index (κ2) is 9.18. The molecule has 2 rings (SSSR count). The molecular formula is C15H24IN3O. The summed E-state index contributed by atoms with van der Waals surface area (Å²) in [7, 11) is 0. The Labute approximate surface area is 138 Å². The SMILES string of the molecule is CCNC(=NCc1ccccc1CO)NCC1CC1.I. The largest absolute Gasteiger partial charge is 0.392 e. The van der Waals surface area contributed by atoms with Crippen molar-refractivity contribution in [3.63, 3.8) is 0 Å². The molecule has 1 aromatic carbocycles. The Morgan fingerprint density at radius 3 is 2.55 bits per heavy atom. The summed E-state index contributed by atoms with van der Waals surface area (Å²) in [6.45, 7) is 4.59. The van der Waals surface area contributed by atoms with E-state index in [1.54, 1.807) is 0 Å². The molecule has 0 saturated heterocycles. The Morgan fingerprint density at radius 2 is 1.95 bits per heavy atom. The molecule has 0 bridgehead atoms. The summed E-state index contributed by atoms with van der Waals surface area (Å²) < 4.78 is 0. The molecule has 112 valence electrons. The van der Waals surface area contributed by atoms with Gasteiger partial charge in [-0.25, -0.2) is 4.99 Å². The van der Waals surface area contributed by atoms with Crippen LogP contribution in [0.15, 0.2) is 29.3 Å². The molecule has 1 aromatic rings. The maximum absolute atomic E-state index is 9.29. The molecule has 0 amide bonds. The predicted octanol–water partition coefficient (Wildman–Crippen LogP) is 2.26. The first-order chi connectivity index (χ1) is 9.33. The Hall–Kier alpha value is -0.820. The van der Waals surface area contributed by atoms with Gasteiger partial charge in [0, 0.05) is 13.1 Å². The first kappa shape index (κ1) is 17.2. The number of hydrogen-bond donors (Lipinski definition) is 3. The highest BCUT2D eigenvalue weighted by Gasteiger charge is 2.20. The molecule has 0 aromatic heterocycles. The molecule has 0 radical (unpaired) electrons. The van der Waals surface area contributed by atoms with Crippen molar-refractivity contribution in [3.05, 3.63) is 35.4 Å². The molecule has 3 N–H and O–H groups in total. The fraction of sp³-hybridized carbons (Fsp3) is 0.533. The van der Waals surface area contributed by atoms with Crippen molar-refractivity contribution < 1.29 is 5.11 Å². The van der Waals surface area contributed by atoms with Crippen molar-refractivity contribution in [1.29, 1.82) is 0 Å². The van der Waals surface area contributed by atoms with Gasteiger partial charge in [0.05, 0.1) is 13.2 Å². The predicted molar refractivity (Wildman–Crippen MR) is 93.3 cm³/mol. The molecule has 0 unspecified atom stereocenters. The van der Waals surface area contributed by atoms with Crippen molar-refractivity contribution in [1.82, 2.24) is 10.6 Å². The van der Waals surface area contributed by atoms with E-state index < -0.39 is 0 Å². The Morgan fingerprint density at radius 1 is 1.25 bits per heavy atom. The topological polar surface area (TPSA) is 56.7 Å². The molecule has 1 aliphatic rings. The maximum Gasteiger partial charge on any atom is 0.191 e. The highest BCUT2D eigenvalue weighted by Crippen LogP contribution is 2.27. The number of rotatable bonds is 6. The van der Waals surface area contributed by atoms with E-state index in [2.05, 4.69) is 22.5 Å². The van der Waals surface area contributed by atoms with Gasteiger partial charge in [0.15, 0.2) is 5.96 Å². The molecule has 1 saturated carbocycles. The summed E-state index contributed by atoms with van der Waals surface area (Å²) in [5.41, 5.74) is 2.03. The van der Waals surface area contributed by atoms with Crippen LogP contribution in [0.5, 0.6) is 0 Å². The van der Waals surface area contributed by atoms with E-state index in [9.17, 15) is 5.11 Å². The maximum atomic E-state index is 9.29. The third-order valence-corrected chi connectivity index (χ3v) is 3.30. The van der Waals surface area contributed by atoms with E-state index in [1.165, 1.54) is 12.8 Å². The van der Waals surface area contributed by atoms with E-state index in [4.69, 9.17) is 0 Å². The number of halogens is 1. The lowest BCUT2D eigenvalue weighted by molar-refractivity contribution is 0.280. The summed E-state index contributed by atoms with van der Waals surface area (Å²) in [5.74, 6) is 1.69. The van der Waals surface area contributed by atoms with Gasteiger partial charge in [0.1, 0.15) is 0 Å². The zero-order valence-electron chi connectivity index (χ0n) is 11.9. The van der Waals surface area contributed by atoms with Crippen LogP contribution in [0.4, 0.5) is 0 Å². The number of guanidine groups is 1. The Kier molecular flexibility index (Phi) is 7.91. The summed E-state index contributed by atoms with van der Waals surface area (Å²) in [4.78, 5) is 4.58. The van der Waals surface area contributed by atoms with Gasteiger partial charge in [0.25, 0.3) is 0 Å². The molecular weight excluding hydrogens is 365 g/mol. The van der Waals surface area contributed by atoms with Crippen LogP contribution < -0.4 is 10.6 Å². The van der Waals surface area contributed by atoms with E-state index in [0.717, 1.165) is 36.1 Å². The summed E-state index contributed by atoms with van der Waals surface area (Å²) in [5, 5.41) is 15.9.